The molecule has 3 N–H and O–H groups in total. The van der Waals surface area contributed by atoms with Crippen LogP contribution in [0.2, 0.25) is 5.02 Å². The minimum Gasteiger partial charge on any atom is -0.369 e. The van der Waals surface area contributed by atoms with Crippen LogP contribution >= 0.6 is 11.6 Å². The molecular formula is C18H26ClN3O2. The van der Waals surface area contributed by atoms with E-state index >= 15 is 0 Å². The zero-order valence-electron chi connectivity index (χ0n) is 14.1. The second-order valence-corrected chi connectivity index (χ2v) is 6.95. The van der Waals surface area contributed by atoms with Crippen molar-refractivity contribution in [3.8, 4) is 0 Å². The Bertz CT molecular complexity index is 579. The number of hydrogen-bond donors (Lipinski definition) is 2. The predicted octanol–water partition coefficient (Wildman–Crippen LogP) is 1.97. The SMILES string of the molecule is CCC[C@H]1CN(CC(N)=O)C[C@@H]1NC(=O)CCc1cccc(Cl)c1. The molecule has 1 aliphatic heterocycles. The number of hydrogen-bond acceptors (Lipinski definition) is 3. The Hall–Kier alpha value is -1.59. The van der Waals surface area contributed by atoms with Crippen LogP contribution in [-0.2, 0) is 16.0 Å². The van der Waals surface area contributed by atoms with Crippen LogP contribution in [0.3, 0.4) is 0 Å². The van der Waals surface area contributed by atoms with Gasteiger partial charge in [-0.1, -0.05) is 37.1 Å². The zero-order valence-corrected chi connectivity index (χ0v) is 14.9. The Kier molecular flexibility index (Phi) is 7.06. The van der Waals surface area contributed by atoms with Crippen molar-refractivity contribution in [1.82, 2.24) is 10.2 Å². The Morgan fingerprint density at radius 1 is 1.38 bits per heavy atom. The molecule has 1 fully saturated rings. The van der Waals surface area contributed by atoms with E-state index in [1.807, 2.05) is 29.2 Å². The summed E-state index contributed by atoms with van der Waals surface area (Å²) in [7, 11) is 0. The quantitative estimate of drug-likeness (QED) is 0.752. The molecule has 0 bridgehead atoms. The topological polar surface area (TPSA) is 75.4 Å². The molecule has 0 radical (unpaired) electrons. The van der Waals surface area contributed by atoms with Crippen molar-refractivity contribution in [1.29, 1.82) is 0 Å². The van der Waals surface area contributed by atoms with Gasteiger partial charge in [0.25, 0.3) is 0 Å². The van der Waals surface area contributed by atoms with E-state index < -0.39 is 0 Å². The van der Waals surface area contributed by atoms with Crippen molar-refractivity contribution >= 4 is 23.4 Å². The molecule has 2 amide bonds. The summed E-state index contributed by atoms with van der Waals surface area (Å²) < 4.78 is 0. The maximum absolute atomic E-state index is 12.3. The molecule has 1 aromatic carbocycles. The Morgan fingerprint density at radius 2 is 2.17 bits per heavy atom. The third kappa shape index (κ3) is 5.80. The molecule has 24 heavy (non-hydrogen) atoms. The van der Waals surface area contributed by atoms with E-state index in [0.717, 1.165) is 24.9 Å². The highest BCUT2D eigenvalue weighted by Gasteiger charge is 2.33. The Balaban J connectivity index is 1.85. The number of nitrogens with zero attached hydrogens (tertiary/aromatic N) is 1. The first-order chi connectivity index (χ1) is 11.5. The highest BCUT2D eigenvalue weighted by Crippen LogP contribution is 2.22. The molecule has 0 saturated carbocycles. The van der Waals surface area contributed by atoms with Crippen LogP contribution in [-0.4, -0.2) is 42.4 Å². The molecule has 6 heteroatoms. The number of rotatable bonds is 8. The molecule has 132 valence electrons. The van der Waals surface area contributed by atoms with Gasteiger partial charge in [-0.25, -0.2) is 0 Å². The van der Waals surface area contributed by atoms with Gasteiger partial charge in [-0.3, -0.25) is 14.5 Å². The molecule has 0 spiro atoms. The van der Waals surface area contributed by atoms with Gasteiger partial charge in [0, 0.05) is 30.6 Å². The molecule has 5 nitrogen and oxygen atoms in total. The highest BCUT2D eigenvalue weighted by atomic mass is 35.5. The molecule has 2 atom stereocenters. The fraction of sp³-hybridized carbons (Fsp3) is 0.556. The molecule has 0 unspecified atom stereocenters. The number of carbonyl (C=O) groups excluding carboxylic acids is 2. The minimum atomic E-state index is -0.321. The van der Waals surface area contributed by atoms with Crippen LogP contribution in [0.4, 0.5) is 0 Å². The number of benzene rings is 1. The minimum absolute atomic E-state index is 0.0435. The molecule has 1 heterocycles. The number of primary amides is 1. The van der Waals surface area contributed by atoms with E-state index in [2.05, 4.69) is 12.2 Å². The number of aryl methyl sites for hydroxylation is 1. The van der Waals surface area contributed by atoms with Crippen LogP contribution < -0.4 is 11.1 Å². The lowest BCUT2D eigenvalue weighted by atomic mass is 9.98. The first-order valence-electron chi connectivity index (χ1n) is 8.52. The van der Waals surface area contributed by atoms with E-state index in [4.69, 9.17) is 17.3 Å². The van der Waals surface area contributed by atoms with Crippen molar-refractivity contribution in [3.63, 3.8) is 0 Å². The summed E-state index contributed by atoms with van der Waals surface area (Å²) >= 11 is 5.97. The summed E-state index contributed by atoms with van der Waals surface area (Å²) in [4.78, 5) is 25.4. The second kappa shape index (κ2) is 9.04. The van der Waals surface area contributed by atoms with Crippen LogP contribution in [0.15, 0.2) is 24.3 Å². The van der Waals surface area contributed by atoms with Gasteiger partial charge >= 0.3 is 0 Å². The lowest BCUT2D eigenvalue weighted by molar-refractivity contribution is -0.122. The first-order valence-corrected chi connectivity index (χ1v) is 8.90. The van der Waals surface area contributed by atoms with E-state index in [1.165, 1.54) is 0 Å². The van der Waals surface area contributed by atoms with E-state index in [1.54, 1.807) is 0 Å². The van der Waals surface area contributed by atoms with Crippen molar-refractivity contribution in [3.05, 3.63) is 34.9 Å². The van der Waals surface area contributed by atoms with Gasteiger partial charge in [-0.05, 0) is 36.5 Å². The molecule has 0 aromatic heterocycles. The molecular weight excluding hydrogens is 326 g/mol. The zero-order chi connectivity index (χ0) is 17.5. The molecule has 1 aromatic rings. The van der Waals surface area contributed by atoms with Crippen LogP contribution in [0.5, 0.6) is 0 Å². The fourth-order valence-electron chi connectivity index (χ4n) is 3.37. The van der Waals surface area contributed by atoms with E-state index in [-0.39, 0.29) is 24.4 Å². The van der Waals surface area contributed by atoms with Gasteiger partial charge in [0.2, 0.25) is 11.8 Å². The van der Waals surface area contributed by atoms with Crippen molar-refractivity contribution < 1.29 is 9.59 Å². The van der Waals surface area contributed by atoms with Crippen molar-refractivity contribution in [2.45, 2.75) is 38.6 Å². The Morgan fingerprint density at radius 3 is 2.83 bits per heavy atom. The number of nitrogens with one attached hydrogen (secondary N) is 1. The Labute approximate surface area is 148 Å². The number of likely N-dealkylation sites (tertiary alicyclic amines) is 1. The standard InChI is InChI=1S/C18H26ClN3O2/c1-2-4-14-10-22(12-17(20)23)11-16(14)21-18(24)8-7-13-5-3-6-15(19)9-13/h3,5-6,9,14,16H,2,4,7-8,10-12H2,1H3,(H2,20,23)(H,21,24)/t14-,16-/m0/s1. The second-order valence-electron chi connectivity index (χ2n) is 6.51. The molecule has 0 aliphatic carbocycles. The van der Waals surface area contributed by atoms with Crippen molar-refractivity contribution in [2.24, 2.45) is 11.7 Å². The van der Waals surface area contributed by atoms with Crippen molar-refractivity contribution in [2.75, 3.05) is 19.6 Å². The summed E-state index contributed by atoms with van der Waals surface area (Å²) in [5.41, 5.74) is 6.34. The largest absolute Gasteiger partial charge is 0.369 e. The molecule has 1 aliphatic rings. The predicted molar refractivity (Wildman–Crippen MR) is 95.7 cm³/mol. The molecule has 2 rings (SSSR count). The lowest BCUT2D eigenvalue weighted by Crippen LogP contribution is -2.41. The summed E-state index contributed by atoms with van der Waals surface area (Å²) in [5, 5.41) is 3.82. The maximum atomic E-state index is 12.3. The fourth-order valence-corrected chi connectivity index (χ4v) is 3.58. The van der Waals surface area contributed by atoms with Crippen LogP contribution in [0, 0.1) is 5.92 Å². The average molecular weight is 352 g/mol. The van der Waals surface area contributed by atoms with E-state index in [0.29, 0.717) is 30.3 Å². The smallest absolute Gasteiger partial charge is 0.231 e. The summed E-state index contributed by atoms with van der Waals surface area (Å²) in [6, 6.07) is 7.68. The maximum Gasteiger partial charge on any atom is 0.231 e. The number of carbonyl (C=O) groups is 2. The monoisotopic (exact) mass is 351 g/mol. The summed E-state index contributed by atoms with van der Waals surface area (Å²) in [6.07, 6.45) is 3.20. The summed E-state index contributed by atoms with van der Waals surface area (Å²) in [6.45, 7) is 3.90. The lowest BCUT2D eigenvalue weighted by Gasteiger charge is -2.19. The number of amides is 2. The van der Waals surface area contributed by atoms with Gasteiger partial charge < -0.3 is 11.1 Å². The van der Waals surface area contributed by atoms with Gasteiger partial charge in [0.1, 0.15) is 0 Å². The average Bonchev–Trinajstić information content (AvgIpc) is 2.86. The third-order valence-electron chi connectivity index (χ3n) is 4.43. The van der Waals surface area contributed by atoms with Gasteiger partial charge in [-0.2, -0.15) is 0 Å². The van der Waals surface area contributed by atoms with E-state index in [9.17, 15) is 9.59 Å². The number of halogens is 1. The van der Waals surface area contributed by atoms with Crippen LogP contribution in [0.1, 0.15) is 31.7 Å². The van der Waals surface area contributed by atoms with Gasteiger partial charge in [0.05, 0.1) is 6.54 Å². The first kappa shape index (κ1) is 18.7. The van der Waals surface area contributed by atoms with Gasteiger partial charge in [-0.15, -0.1) is 0 Å². The van der Waals surface area contributed by atoms with Crippen LogP contribution in [0.25, 0.3) is 0 Å². The normalized spacial score (nSPS) is 20.9. The third-order valence-corrected chi connectivity index (χ3v) is 4.67. The summed E-state index contributed by atoms with van der Waals surface area (Å²) in [5.74, 6) is 0.102. The number of nitrogens with two attached hydrogens (primary N) is 1. The van der Waals surface area contributed by atoms with Gasteiger partial charge in [0.15, 0.2) is 0 Å². The highest BCUT2D eigenvalue weighted by molar-refractivity contribution is 6.30. The molecule has 1 saturated heterocycles.